The molecule has 0 spiro atoms. The van der Waals surface area contributed by atoms with Crippen molar-refractivity contribution in [1.82, 2.24) is 4.90 Å². The van der Waals surface area contributed by atoms with Gasteiger partial charge in [-0.15, -0.1) is 0 Å². The van der Waals surface area contributed by atoms with Crippen LogP contribution in [0.2, 0.25) is 0 Å². The smallest absolute Gasteiger partial charge is 0.222 e. The third-order valence-corrected chi connectivity index (χ3v) is 5.18. The highest BCUT2D eigenvalue weighted by Gasteiger charge is 2.40. The Balaban J connectivity index is 1.79. The van der Waals surface area contributed by atoms with Crippen LogP contribution >= 0.6 is 12.2 Å². The molecule has 2 N–H and O–H groups in total. The molecule has 2 fully saturated rings. The molecule has 2 saturated carbocycles. The molecule has 18 heavy (non-hydrogen) atoms. The zero-order valence-electron chi connectivity index (χ0n) is 11.4. The summed E-state index contributed by atoms with van der Waals surface area (Å²) in [5, 5.41) is 0. The number of nitrogens with two attached hydrogens (primary N) is 1. The molecule has 102 valence electrons. The number of carbonyl (C=O) groups excluding carboxylic acids is 1. The lowest BCUT2D eigenvalue weighted by atomic mass is 9.86. The predicted octanol–water partition coefficient (Wildman–Crippen LogP) is 2.19. The number of hydrogen-bond acceptors (Lipinski definition) is 2. The highest BCUT2D eigenvalue weighted by molar-refractivity contribution is 7.80. The van der Waals surface area contributed by atoms with Gasteiger partial charge in [0.05, 0.1) is 4.99 Å². The average Bonchev–Trinajstić information content (AvgIpc) is 2.90. The molecule has 0 aromatic heterocycles. The van der Waals surface area contributed by atoms with Crippen LogP contribution in [0, 0.1) is 23.7 Å². The summed E-state index contributed by atoms with van der Waals surface area (Å²) < 4.78 is 0. The first kappa shape index (κ1) is 13.8. The maximum atomic E-state index is 12.2. The second-order valence-corrected chi connectivity index (χ2v) is 6.69. The van der Waals surface area contributed by atoms with Gasteiger partial charge in [0.2, 0.25) is 5.91 Å². The third-order valence-electron chi connectivity index (χ3n) is 4.78. The fourth-order valence-corrected chi connectivity index (χ4v) is 3.68. The van der Waals surface area contributed by atoms with Crippen LogP contribution in [0.5, 0.6) is 0 Å². The van der Waals surface area contributed by atoms with E-state index in [2.05, 4.69) is 0 Å². The van der Waals surface area contributed by atoms with E-state index >= 15 is 0 Å². The SMILES string of the molecule is CC(CN(C)C(=O)CC1CC2CCC1C2)C(N)=S. The minimum atomic E-state index is 0.106. The van der Waals surface area contributed by atoms with E-state index in [4.69, 9.17) is 18.0 Å². The molecule has 0 aromatic carbocycles. The molecule has 2 rings (SSSR count). The summed E-state index contributed by atoms with van der Waals surface area (Å²) in [6.45, 7) is 2.62. The zero-order valence-corrected chi connectivity index (χ0v) is 12.2. The van der Waals surface area contributed by atoms with Gasteiger partial charge in [-0.05, 0) is 37.0 Å². The van der Waals surface area contributed by atoms with Crippen molar-refractivity contribution < 1.29 is 4.79 Å². The monoisotopic (exact) mass is 268 g/mol. The van der Waals surface area contributed by atoms with Gasteiger partial charge in [0.25, 0.3) is 0 Å². The van der Waals surface area contributed by atoms with E-state index in [1.807, 2.05) is 14.0 Å². The Bertz CT molecular complexity index is 345. The van der Waals surface area contributed by atoms with Crippen molar-refractivity contribution in [1.29, 1.82) is 0 Å². The van der Waals surface area contributed by atoms with E-state index in [1.54, 1.807) is 4.90 Å². The summed E-state index contributed by atoms with van der Waals surface area (Å²) in [5.74, 6) is 2.73. The molecule has 2 bridgehead atoms. The summed E-state index contributed by atoms with van der Waals surface area (Å²) in [4.78, 5) is 14.5. The topological polar surface area (TPSA) is 46.3 Å². The van der Waals surface area contributed by atoms with E-state index < -0.39 is 0 Å². The van der Waals surface area contributed by atoms with Gasteiger partial charge in [-0.25, -0.2) is 0 Å². The van der Waals surface area contributed by atoms with Gasteiger partial charge in [0.1, 0.15) is 0 Å². The van der Waals surface area contributed by atoms with Gasteiger partial charge in [0.15, 0.2) is 0 Å². The molecule has 4 atom stereocenters. The molecule has 2 aliphatic rings. The average molecular weight is 268 g/mol. The quantitative estimate of drug-likeness (QED) is 0.778. The Morgan fingerprint density at radius 1 is 1.44 bits per heavy atom. The lowest BCUT2D eigenvalue weighted by molar-refractivity contribution is -0.131. The molecule has 0 saturated heterocycles. The van der Waals surface area contributed by atoms with Gasteiger partial charge in [0, 0.05) is 25.9 Å². The Morgan fingerprint density at radius 2 is 2.17 bits per heavy atom. The highest BCUT2D eigenvalue weighted by atomic mass is 32.1. The molecule has 1 amide bonds. The number of fused-ring (bicyclic) bond motifs is 2. The van der Waals surface area contributed by atoms with E-state index in [9.17, 15) is 4.79 Å². The summed E-state index contributed by atoms with van der Waals surface area (Å²) in [6.07, 6.45) is 6.10. The van der Waals surface area contributed by atoms with Crippen LogP contribution in [0.15, 0.2) is 0 Å². The fourth-order valence-electron chi connectivity index (χ4n) is 3.61. The Labute approximate surface area is 115 Å². The standard InChI is InChI=1S/C14H24N2OS/c1-9(14(15)18)8-16(2)13(17)7-12-6-10-3-4-11(12)5-10/h9-12H,3-8H2,1-2H3,(H2,15,18). The van der Waals surface area contributed by atoms with Crippen LogP contribution in [0.3, 0.4) is 0 Å². The van der Waals surface area contributed by atoms with Crippen LogP contribution < -0.4 is 5.73 Å². The van der Waals surface area contributed by atoms with Crippen LogP contribution in [-0.2, 0) is 4.79 Å². The highest BCUT2D eigenvalue weighted by Crippen LogP contribution is 2.49. The maximum Gasteiger partial charge on any atom is 0.222 e. The molecular weight excluding hydrogens is 244 g/mol. The lowest BCUT2D eigenvalue weighted by Crippen LogP contribution is -2.36. The molecule has 0 aromatic rings. The molecule has 3 nitrogen and oxygen atoms in total. The summed E-state index contributed by atoms with van der Waals surface area (Å²) in [5.41, 5.74) is 5.59. The molecule has 4 unspecified atom stereocenters. The molecular formula is C14H24N2OS. The Hall–Kier alpha value is -0.640. The van der Waals surface area contributed by atoms with Crippen molar-refractivity contribution in [2.75, 3.05) is 13.6 Å². The number of carbonyl (C=O) groups is 1. The second kappa shape index (κ2) is 5.55. The van der Waals surface area contributed by atoms with E-state index in [1.165, 1.54) is 25.7 Å². The third kappa shape index (κ3) is 3.02. The molecule has 4 heteroatoms. The summed E-state index contributed by atoms with van der Waals surface area (Å²) in [6, 6.07) is 0. The van der Waals surface area contributed by atoms with Gasteiger partial charge >= 0.3 is 0 Å². The van der Waals surface area contributed by atoms with E-state index in [-0.39, 0.29) is 11.8 Å². The van der Waals surface area contributed by atoms with Gasteiger partial charge < -0.3 is 10.6 Å². The molecule has 0 heterocycles. The van der Waals surface area contributed by atoms with Crippen LogP contribution in [-0.4, -0.2) is 29.4 Å². The largest absolute Gasteiger partial charge is 0.393 e. The van der Waals surface area contributed by atoms with Crippen LogP contribution in [0.1, 0.15) is 39.0 Å². The van der Waals surface area contributed by atoms with Gasteiger partial charge in [-0.1, -0.05) is 25.6 Å². The lowest BCUT2D eigenvalue weighted by Gasteiger charge is -2.26. The molecule has 2 aliphatic carbocycles. The van der Waals surface area contributed by atoms with E-state index in [0.29, 0.717) is 17.5 Å². The Morgan fingerprint density at radius 3 is 2.67 bits per heavy atom. The van der Waals surface area contributed by atoms with Crippen molar-refractivity contribution in [2.24, 2.45) is 29.4 Å². The molecule has 0 aliphatic heterocycles. The normalized spacial score (nSPS) is 31.3. The van der Waals surface area contributed by atoms with Crippen LogP contribution in [0.25, 0.3) is 0 Å². The van der Waals surface area contributed by atoms with Crippen molar-refractivity contribution in [3.8, 4) is 0 Å². The van der Waals surface area contributed by atoms with Crippen molar-refractivity contribution in [3.05, 3.63) is 0 Å². The minimum Gasteiger partial charge on any atom is -0.393 e. The summed E-state index contributed by atoms with van der Waals surface area (Å²) >= 11 is 4.95. The fraction of sp³-hybridized carbons (Fsp3) is 0.857. The van der Waals surface area contributed by atoms with Crippen molar-refractivity contribution in [2.45, 2.75) is 39.0 Å². The van der Waals surface area contributed by atoms with Gasteiger partial charge in [-0.3, -0.25) is 4.79 Å². The number of nitrogens with zero attached hydrogens (tertiary/aromatic N) is 1. The minimum absolute atomic E-state index is 0.106. The summed E-state index contributed by atoms with van der Waals surface area (Å²) in [7, 11) is 1.87. The first-order valence-electron chi connectivity index (χ1n) is 7.00. The van der Waals surface area contributed by atoms with Crippen molar-refractivity contribution in [3.63, 3.8) is 0 Å². The number of rotatable bonds is 5. The second-order valence-electron chi connectivity index (χ2n) is 6.22. The number of hydrogen-bond donors (Lipinski definition) is 1. The first-order chi connectivity index (χ1) is 8.47. The predicted molar refractivity (Wildman–Crippen MR) is 77.1 cm³/mol. The maximum absolute atomic E-state index is 12.2. The number of thiocarbonyl (C=S) groups is 1. The van der Waals surface area contributed by atoms with Gasteiger partial charge in [-0.2, -0.15) is 0 Å². The van der Waals surface area contributed by atoms with E-state index in [0.717, 1.165) is 18.3 Å². The van der Waals surface area contributed by atoms with Crippen LogP contribution in [0.4, 0.5) is 0 Å². The Kier molecular flexibility index (Phi) is 4.25. The first-order valence-corrected chi connectivity index (χ1v) is 7.41. The zero-order chi connectivity index (χ0) is 13.3. The van der Waals surface area contributed by atoms with Crippen molar-refractivity contribution >= 4 is 23.1 Å². The molecule has 0 radical (unpaired) electrons. The number of amides is 1.